The zero-order valence-electron chi connectivity index (χ0n) is 10.2. The predicted molar refractivity (Wildman–Crippen MR) is 55.0 cm³/mol. The van der Waals surface area contributed by atoms with Crippen LogP contribution in [-0.4, -0.2) is 17.2 Å². The maximum atomic E-state index is 11.0. The summed E-state index contributed by atoms with van der Waals surface area (Å²) in [5.41, 5.74) is -0.847. The monoisotopic (exact) mass is 216 g/mol. The number of carboxylic acids is 1. The fourth-order valence-corrected chi connectivity index (χ4v) is 0.997. The number of rotatable bonds is 3. The van der Waals surface area contributed by atoms with Gasteiger partial charge in [-0.15, -0.1) is 0 Å². The summed E-state index contributed by atoms with van der Waals surface area (Å²) < 4.78 is 0. The first kappa shape index (κ1) is 16.3. The maximum absolute atomic E-state index is 11.0. The first-order valence-electron chi connectivity index (χ1n) is 4.78. The Labute approximate surface area is 90.7 Å². The third-order valence-corrected chi connectivity index (χ3v) is 3.59. The molecule has 0 amide bonds. The van der Waals surface area contributed by atoms with E-state index in [0.29, 0.717) is 5.92 Å². The summed E-state index contributed by atoms with van der Waals surface area (Å²) in [6.07, 6.45) is 0.250. The van der Waals surface area contributed by atoms with Gasteiger partial charge in [-0.2, -0.15) is 9.59 Å². The summed E-state index contributed by atoms with van der Waals surface area (Å²) in [5, 5.41) is 9.03. The second-order valence-corrected chi connectivity index (χ2v) is 4.89. The zero-order valence-corrected chi connectivity index (χ0v) is 10.2. The van der Waals surface area contributed by atoms with Gasteiger partial charge in [0.1, 0.15) is 0 Å². The fourth-order valence-electron chi connectivity index (χ4n) is 0.997. The average Bonchev–Trinajstić information content (AvgIpc) is 2.04. The SMILES string of the molecule is CC(C)C(C)(C)C(C)(C)C(=O)O.O=C=O. The standard InChI is InChI=1S/C10H20O2.CO2/c1-7(2)9(3,4)10(5,6)8(11)12;2-1-3/h7H,1-6H3,(H,11,12);. The molecule has 0 rings (SSSR count). The average molecular weight is 216 g/mol. The van der Waals surface area contributed by atoms with Crippen molar-refractivity contribution in [2.24, 2.45) is 16.7 Å². The van der Waals surface area contributed by atoms with E-state index in [1.807, 2.05) is 13.8 Å². The highest BCUT2D eigenvalue weighted by Crippen LogP contribution is 2.44. The van der Waals surface area contributed by atoms with E-state index >= 15 is 0 Å². The van der Waals surface area contributed by atoms with Gasteiger partial charge in [-0.25, -0.2) is 0 Å². The molecule has 0 aromatic carbocycles. The van der Waals surface area contributed by atoms with Gasteiger partial charge >= 0.3 is 12.1 Å². The van der Waals surface area contributed by atoms with Crippen LogP contribution in [0.3, 0.4) is 0 Å². The number of carbonyl (C=O) groups is 1. The molecule has 0 aromatic rings. The highest BCUT2D eigenvalue weighted by atomic mass is 16.4. The lowest BCUT2D eigenvalue weighted by Gasteiger charge is -2.41. The van der Waals surface area contributed by atoms with Crippen molar-refractivity contribution < 1.29 is 19.5 Å². The molecule has 0 saturated heterocycles. The molecule has 0 aliphatic carbocycles. The molecule has 1 N–H and O–H groups in total. The zero-order chi connectivity index (χ0) is 12.9. The molecule has 0 aliphatic heterocycles. The van der Waals surface area contributed by atoms with Crippen LogP contribution in [0.4, 0.5) is 0 Å². The van der Waals surface area contributed by atoms with E-state index in [1.165, 1.54) is 0 Å². The van der Waals surface area contributed by atoms with Gasteiger partial charge in [-0.1, -0.05) is 27.7 Å². The minimum absolute atomic E-state index is 0.182. The highest BCUT2D eigenvalue weighted by Gasteiger charge is 2.44. The van der Waals surface area contributed by atoms with Gasteiger partial charge in [-0.3, -0.25) is 4.79 Å². The Morgan fingerprint density at radius 1 is 1.13 bits per heavy atom. The van der Waals surface area contributed by atoms with Gasteiger partial charge in [0, 0.05) is 0 Å². The van der Waals surface area contributed by atoms with Crippen LogP contribution in [0, 0.1) is 16.7 Å². The highest BCUT2D eigenvalue weighted by molar-refractivity contribution is 5.74. The summed E-state index contributed by atoms with van der Waals surface area (Å²) in [7, 11) is 0. The van der Waals surface area contributed by atoms with Crippen LogP contribution in [0.15, 0.2) is 0 Å². The smallest absolute Gasteiger partial charge is 0.373 e. The van der Waals surface area contributed by atoms with Gasteiger partial charge in [0.15, 0.2) is 0 Å². The van der Waals surface area contributed by atoms with Gasteiger partial charge in [-0.05, 0) is 25.2 Å². The van der Waals surface area contributed by atoms with Crippen LogP contribution in [-0.2, 0) is 14.4 Å². The largest absolute Gasteiger partial charge is 0.481 e. The van der Waals surface area contributed by atoms with Crippen LogP contribution >= 0.6 is 0 Å². The number of hydrogen-bond acceptors (Lipinski definition) is 3. The quantitative estimate of drug-likeness (QED) is 0.785. The first-order chi connectivity index (χ1) is 6.55. The Morgan fingerprint density at radius 2 is 1.40 bits per heavy atom. The second kappa shape index (κ2) is 5.66. The lowest BCUT2D eigenvalue weighted by atomic mass is 9.62. The van der Waals surface area contributed by atoms with E-state index in [0.717, 1.165) is 0 Å². The van der Waals surface area contributed by atoms with E-state index in [9.17, 15) is 4.79 Å². The van der Waals surface area contributed by atoms with Crippen molar-refractivity contribution in [1.82, 2.24) is 0 Å². The van der Waals surface area contributed by atoms with Crippen molar-refractivity contribution in [3.63, 3.8) is 0 Å². The summed E-state index contributed by atoms with van der Waals surface area (Å²) in [5.74, 6) is -0.357. The van der Waals surface area contributed by atoms with Crippen LogP contribution in [0.25, 0.3) is 0 Å². The molecule has 0 spiro atoms. The van der Waals surface area contributed by atoms with Gasteiger partial charge in [0.25, 0.3) is 0 Å². The number of aliphatic carboxylic acids is 1. The van der Waals surface area contributed by atoms with E-state index in [4.69, 9.17) is 14.7 Å². The van der Waals surface area contributed by atoms with Crippen molar-refractivity contribution in [3.8, 4) is 0 Å². The fraction of sp³-hybridized carbons (Fsp3) is 0.818. The Balaban J connectivity index is 0. The summed E-state index contributed by atoms with van der Waals surface area (Å²) in [4.78, 5) is 27.2. The first-order valence-corrected chi connectivity index (χ1v) is 4.78. The lowest BCUT2D eigenvalue weighted by Crippen LogP contribution is -2.42. The van der Waals surface area contributed by atoms with Crippen LogP contribution in [0.5, 0.6) is 0 Å². The molecule has 0 radical (unpaired) electrons. The minimum Gasteiger partial charge on any atom is -0.481 e. The molecule has 4 heteroatoms. The predicted octanol–water partition coefficient (Wildman–Crippen LogP) is 2.20. The molecule has 15 heavy (non-hydrogen) atoms. The van der Waals surface area contributed by atoms with E-state index in [-0.39, 0.29) is 11.6 Å². The Hall–Kier alpha value is -1.15. The summed E-state index contributed by atoms with van der Waals surface area (Å²) in [6, 6.07) is 0. The molecule has 4 nitrogen and oxygen atoms in total. The van der Waals surface area contributed by atoms with Crippen molar-refractivity contribution in [3.05, 3.63) is 0 Å². The van der Waals surface area contributed by atoms with E-state index in [2.05, 4.69) is 13.8 Å². The van der Waals surface area contributed by atoms with Crippen molar-refractivity contribution in [1.29, 1.82) is 0 Å². The molecule has 0 bridgehead atoms. The molecule has 0 heterocycles. The van der Waals surface area contributed by atoms with Crippen LogP contribution < -0.4 is 0 Å². The summed E-state index contributed by atoms with van der Waals surface area (Å²) in [6.45, 7) is 11.7. The van der Waals surface area contributed by atoms with Gasteiger partial charge < -0.3 is 5.11 Å². The third kappa shape index (κ3) is 3.84. The second-order valence-electron chi connectivity index (χ2n) is 4.89. The molecule has 88 valence electrons. The lowest BCUT2D eigenvalue weighted by molar-refractivity contribution is -0.191. The molecule has 0 atom stereocenters. The summed E-state index contributed by atoms with van der Waals surface area (Å²) >= 11 is 0. The molecular formula is C11H20O4. The van der Waals surface area contributed by atoms with E-state index < -0.39 is 11.4 Å². The molecule has 0 saturated carbocycles. The van der Waals surface area contributed by atoms with Crippen LogP contribution in [0.2, 0.25) is 0 Å². The number of hydrogen-bond donors (Lipinski definition) is 1. The Morgan fingerprint density at radius 3 is 1.47 bits per heavy atom. The topological polar surface area (TPSA) is 71.4 Å². The van der Waals surface area contributed by atoms with Crippen LogP contribution in [0.1, 0.15) is 41.5 Å². The molecule has 0 aliphatic rings. The third-order valence-electron chi connectivity index (χ3n) is 3.59. The number of carbonyl (C=O) groups excluding carboxylic acids is 2. The van der Waals surface area contributed by atoms with Gasteiger partial charge in [0.2, 0.25) is 0 Å². The Kier molecular flexibility index (Phi) is 6.15. The van der Waals surface area contributed by atoms with Crippen molar-refractivity contribution in [2.75, 3.05) is 0 Å². The number of carboxylic acid groups (broad SMARTS) is 1. The van der Waals surface area contributed by atoms with Gasteiger partial charge in [0.05, 0.1) is 5.41 Å². The molecule has 0 aromatic heterocycles. The molecule has 0 fully saturated rings. The normalized spacial score (nSPS) is 11.4. The Bertz CT molecular complexity index is 245. The minimum atomic E-state index is -0.721. The molecule has 0 unspecified atom stereocenters. The van der Waals surface area contributed by atoms with Crippen molar-refractivity contribution >= 4 is 12.1 Å². The van der Waals surface area contributed by atoms with E-state index in [1.54, 1.807) is 13.8 Å². The van der Waals surface area contributed by atoms with Crippen molar-refractivity contribution in [2.45, 2.75) is 41.5 Å². The molecular weight excluding hydrogens is 196 g/mol. The maximum Gasteiger partial charge on any atom is 0.373 e.